The van der Waals surface area contributed by atoms with E-state index < -0.39 is 12.0 Å². The highest BCUT2D eigenvalue weighted by Gasteiger charge is 2.33. The van der Waals surface area contributed by atoms with Crippen molar-refractivity contribution in [3.8, 4) is 11.8 Å². The maximum atomic E-state index is 11.9. The predicted octanol–water partition coefficient (Wildman–Crippen LogP) is 2.34. The zero-order valence-electron chi connectivity index (χ0n) is 13.0. The molecule has 0 unspecified atom stereocenters. The van der Waals surface area contributed by atoms with Crippen LogP contribution in [0, 0.1) is 0 Å². The molecule has 3 rings (SSSR count). The lowest BCUT2D eigenvalue weighted by atomic mass is 10.0. The SMILES string of the molecule is COc1ccc([C@H](C(=O)O)N2CCc3sccc3C2)c(OC)n1. The molecule has 0 amide bonds. The number of rotatable bonds is 5. The molecule has 1 aliphatic heterocycles. The number of ether oxygens (including phenoxy) is 2. The van der Waals surface area contributed by atoms with Crippen LogP contribution in [0.5, 0.6) is 11.8 Å². The molecule has 0 saturated heterocycles. The number of hydrogen-bond acceptors (Lipinski definition) is 6. The van der Waals surface area contributed by atoms with Gasteiger partial charge in [-0.05, 0) is 29.5 Å². The van der Waals surface area contributed by atoms with Gasteiger partial charge in [-0.25, -0.2) is 0 Å². The standard InChI is InChI=1S/C16H18N2O4S/c1-21-13-4-3-11(15(17-13)22-2)14(16(19)20)18-7-5-12-10(9-18)6-8-23-12/h3-4,6,8,14H,5,7,9H2,1-2H3,(H,19,20)/t14-/m1/s1. The maximum Gasteiger partial charge on any atom is 0.325 e. The molecule has 1 atom stereocenters. The predicted molar refractivity (Wildman–Crippen MR) is 86.2 cm³/mol. The zero-order valence-corrected chi connectivity index (χ0v) is 13.8. The third-order valence-corrected chi connectivity index (χ3v) is 5.02. The van der Waals surface area contributed by atoms with Crippen molar-refractivity contribution >= 4 is 17.3 Å². The van der Waals surface area contributed by atoms with Gasteiger partial charge in [0.05, 0.1) is 14.2 Å². The Morgan fingerprint density at radius 2 is 2.17 bits per heavy atom. The fourth-order valence-electron chi connectivity index (χ4n) is 2.90. The Labute approximate surface area is 138 Å². The number of fused-ring (bicyclic) bond motifs is 1. The number of carboxylic acid groups (broad SMARTS) is 1. The number of aliphatic carboxylic acids is 1. The fourth-order valence-corrected chi connectivity index (χ4v) is 3.79. The average Bonchev–Trinajstić information content (AvgIpc) is 3.02. The van der Waals surface area contributed by atoms with Gasteiger partial charge in [-0.15, -0.1) is 11.3 Å². The molecule has 122 valence electrons. The highest BCUT2D eigenvalue weighted by molar-refractivity contribution is 7.10. The largest absolute Gasteiger partial charge is 0.481 e. The third-order valence-electron chi connectivity index (χ3n) is 4.00. The molecule has 0 radical (unpaired) electrons. The Kier molecular flexibility index (Phi) is 4.49. The number of carbonyl (C=O) groups is 1. The number of thiophene rings is 1. The molecule has 0 bridgehead atoms. The van der Waals surface area contributed by atoms with Crippen molar-refractivity contribution in [2.45, 2.75) is 19.0 Å². The number of hydrogen-bond donors (Lipinski definition) is 1. The molecule has 0 aromatic carbocycles. The number of carboxylic acids is 1. The minimum Gasteiger partial charge on any atom is -0.481 e. The molecule has 0 aliphatic carbocycles. The zero-order chi connectivity index (χ0) is 16.4. The molecule has 0 fully saturated rings. The first-order chi connectivity index (χ1) is 11.1. The number of nitrogens with zero attached hydrogens (tertiary/aromatic N) is 2. The van der Waals surface area contributed by atoms with Crippen molar-refractivity contribution < 1.29 is 19.4 Å². The van der Waals surface area contributed by atoms with Crippen LogP contribution in [0.3, 0.4) is 0 Å². The van der Waals surface area contributed by atoms with Gasteiger partial charge in [-0.3, -0.25) is 9.69 Å². The van der Waals surface area contributed by atoms with Crippen LogP contribution in [-0.4, -0.2) is 41.7 Å². The summed E-state index contributed by atoms with van der Waals surface area (Å²) >= 11 is 1.73. The van der Waals surface area contributed by atoms with Crippen LogP contribution in [0.1, 0.15) is 22.0 Å². The first-order valence-corrected chi connectivity index (χ1v) is 8.13. The van der Waals surface area contributed by atoms with Crippen LogP contribution in [0.25, 0.3) is 0 Å². The van der Waals surface area contributed by atoms with E-state index in [0.717, 1.165) is 6.42 Å². The lowest BCUT2D eigenvalue weighted by molar-refractivity contribution is -0.144. The van der Waals surface area contributed by atoms with Gasteiger partial charge in [0.1, 0.15) is 6.04 Å². The van der Waals surface area contributed by atoms with Crippen LogP contribution in [0.15, 0.2) is 23.6 Å². The molecule has 23 heavy (non-hydrogen) atoms. The Morgan fingerprint density at radius 3 is 2.87 bits per heavy atom. The second-order valence-electron chi connectivity index (χ2n) is 5.28. The summed E-state index contributed by atoms with van der Waals surface area (Å²) in [7, 11) is 3.00. The molecule has 0 spiro atoms. The Hall–Kier alpha value is -2.12. The van der Waals surface area contributed by atoms with Crippen molar-refractivity contribution in [2.75, 3.05) is 20.8 Å². The summed E-state index contributed by atoms with van der Waals surface area (Å²) in [5, 5.41) is 11.8. The molecule has 7 heteroatoms. The summed E-state index contributed by atoms with van der Waals surface area (Å²) in [6, 6.07) is 4.64. The van der Waals surface area contributed by atoms with E-state index >= 15 is 0 Å². The monoisotopic (exact) mass is 334 g/mol. The molecule has 2 aromatic heterocycles. The van der Waals surface area contributed by atoms with Crippen LogP contribution in [0.4, 0.5) is 0 Å². The summed E-state index contributed by atoms with van der Waals surface area (Å²) in [6.07, 6.45) is 0.864. The summed E-state index contributed by atoms with van der Waals surface area (Å²) in [4.78, 5) is 19.4. The van der Waals surface area contributed by atoms with Gasteiger partial charge in [0.25, 0.3) is 0 Å². The highest BCUT2D eigenvalue weighted by Crippen LogP contribution is 2.34. The summed E-state index contributed by atoms with van der Waals surface area (Å²) < 4.78 is 10.4. The van der Waals surface area contributed by atoms with Crippen LogP contribution in [-0.2, 0) is 17.8 Å². The Bertz CT molecular complexity index is 716. The number of pyridine rings is 1. The minimum atomic E-state index is -0.908. The molecule has 3 heterocycles. The van der Waals surface area contributed by atoms with Crippen LogP contribution < -0.4 is 9.47 Å². The number of methoxy groups -OCH3 is 2. The fraction of sp³-hybridized carbons (Fsp3) is 0.375. The van der Waals surface area contributed by atoms with Gasteiger partial charge in [0.15, 0.2) is 0 Å². The van der Waals surface area contributed by atoms with Gasteiger partial charge < -0.3 is 14.6 Å². The first-order valence-electron chi connectivity index (χ1n) is 7.25. The number of aromatic nitrogens is 1. The summed E-state index contributed by atoms with van der Waals surface area (Å²) in [5.74, 6) is -0.227. The van der Waals surface area contributed by atoms with Crippen molar-refractivity contribution in [3.05, 3.63) is 39.6 Å². The summed E-state index contributed by atoms with van der Waals surface area (Å²) in [6.45, 7) is 1.31. The van der Waals surface area contributed by atoms with E-state index in [0.29, 0.717) is 24.5 Å². The van der Waals surface area contributed by atoms with Crippen molar-refractivity contribution in [2.24, 2.45) is 0 Å². The molecular formula is C16H18N2O4S. The van der Waals surface area contributed by atoms with Gasteiger partial charge in [-0.2, -0.15) is 4.98 Å². The van der Waals surface area contributed by atoms with Gasteiger partial charge in [0, 0.05) is 29.6 Å². The van der Waals surface area contributed by atoms with E-state index in [9.17, 15) is 9.90 Å². The lowest BCUT2D eigenvalue weighted by Crippen LogP contribution is -2.37. The molecule has 1 aliphatic rings. The minimum absolute atomic E-state index is 0.285. The van der Waals surface area contributed by atoms with Gasteiger partial charge in [0.2, 0.25) is 11.8 Å². The van der Waals surface area contributed by atoms with Crippen molar-refractivity contribution in [1.29, 1.82) is 0 Å². The first kappa shape index (κ1) is 15.8. The quantitative estimate of drug-likeness (QED) is 0.905. The van der Waals surface area contributed by atoms with Crippen molar-refractivity contribution in [3.63, 3.8) is 0 Å². The van der Waals surface area contributed by atoms with Crippen LogP contribution in [0.2, 0.25) is 0 Å². The van der Waals surface area contributed by atoms with Crippen molar-refractivity contribution in [1.82, 2.24) is 9.88 Å². The Balaban J connectivity index is 1.95. The molecule has 0 saturated carbocycles. The van der Waals surface area contributed by atoms with Gasteiger partial charge in [-0.1, -0.05) is 0 Å². The second-order valence-corrected chi connectivity index (χ2v) is 6.28. The topological polar surface area (TPSA) is 71.9 Å². The average molecular weight is 334 g/mol. The molecule has 2 aromatic rings. The molecule has 1 N–H and O–H groups in total. The van der Waals surface area contributed by atoms with E-state index in [1.165, 1.54) is 24.7 Å². The maximum absolute atomic E-state index is 11.9. The van der Waals surface area contributed by atoms with E-state index in [2.05, 4.69) is 16.4 Å². The van der Waals surface area contributed by atoms with E-state index in [1.54, 1.807) is 23.5 Å². The normalized spacial score (nSPS) is 15.7. The molecular weight excluding hydrogens is 316 g/mol. The summed E-state index contributed by atoms with van der Waals surface area (Å²) in [5.41, 5.74) is 1.74. The van der Waals surface area contributed by atoms with E-state index in [1.807, 2.05) is 4.90 Å². The van der Waals surface area contributed by atoms with Gasteiger partial charge >= 0.3 is 5.97 Å². The lowest BCUT2D eigenvalue weighted by Gasteiger charge is -2.32. The van der Waals surface area contributed by atoms with E-state index in [4.69, 9.17) is 9.47 Å². The van der Waals surface area contributed by atoms with E-state index in [-0.39, 0.29) is 5.88 Å². The smallest absolute Gasteiger partial charge is 0.325 e. The second kappa shape index (κ2) is 6.55. The highest BCUT2D eigenvalue weighted by atomic mass is 32.1. The van der Waals surface area contributed by atoms with Crippen LogP contribution >= 0.6 is 11.3 Å². The Morgan fingerprint density at radius 1 is 1.35 bits per heavy atom. The molecule has 6 nitrogen and oxygen atoms in total. The third kappa shape index (κ3) is 3.02.